The minimum absolute atomic E-state index is 0.134. The molecule has 0 spiro atoms. The van der Waals surface area contributed by atoms with Crippen LogP contribution in [0.1, 0.15) is 11.3 Å². The first-order valence-electron chi connectivity index (χ1n) is 5.27. The Kier molecular flexibility index (Phi) is 3.28. The predicted octanol–water partition coefficient (Wildman–Crippen LogP) is 2.89. The second kappa shape index (κ2) is 4.75. The highest BCUT2D eigenvalue weighted by atomic mass is 19.4. The summed E-state index contributed by atoms with van der Waals surface area (Å²) in [6, 6.07) is 6.27. The zero-order chi connectivity index (χ0) is 14.0. The molecule has 0 saturated heterocycles. The van der Waals surface area contributed by atoms with Crippen LogP contribution in [0.3, 0.4) is 0 Å². The van der Waals surface area contributed by atoms with E-state index in [4.69, 9.17) is 4.74 Å². The summed E-state index contributed by atoms with van der Waals surface area (Å²) in [5.41, 5.74) is -1.41. The molecule has 0 amide bonds. The number of nitrogens with one attached hydrogen (secondary N) is 1. The van der Waals surface area contributed by atoms with E-state index in [1.807, 2.05) is 6.92 Å². The first-order valence-corrected chi connectivity index (χ1v) is 5.27. The van der Waals surface area contributed by atoms with Gasteiger partial charge in [-0.1, -0.05) is 17.7 Å². The Morgan fingerprint density at radius 2 is 1.84 bits per heavy atom. The van der Waals surface area contributed by atoms with Gasteiger partial charge in [-0.3, -0.25) is 4.79 Å². The lowest BCUT2D eigenvalue weighted by Crippen LogP contribution is -2.18. The van der Waals surface area contributed by atoms with Crippen LogP contribution in [0.5, 0.6) is 11.5 Å². The van der Waals surface area contributed by atoms with Gasteiger partial charge in [0.05, 0.1) is 6.33 Å². The molecule has 1 aromatic heterocycles. The zero-order valence-electron chi connectivity index (χ0n) is 9.78. The molecule has 0 fully saturated rings. The van der Waals surface area contributed by atoms with Crippen molar-refractivity contribution in [3.8, 4) is 11.5 Å². The topological polar surface area (TPSA) is 55.0 Å². The van der Waals surface area contributed by atoms with Gasteiger partial charge in [-0.05, 0) is 19.1 Å². The van der Waals surface area contributed by atoms with Crippen LogP contribution in [0.4, 0.5) is 13.2 Å². The Hall–Kier alpha value is -2.31. The summed E-state index contributed by atoms with van der Waals surface area (Å²) in [5.74, 6) is -0.728. The maximum atomic E-state index is 12.7. The number of aromatic amines is 1. The smallest absolute Gasteiger partial charge is 0.437 e. The van der Waals surface area contributed by atoms with Crippen molar-refractivity contribution in [2.24, 2.45) is 0 Å². The molecule has 0 aliphatic rings. The molecule has 4 nitrogen and oxygen atoms in total. The highest BCUT2D eigenvalue weighted by Gasteiger charge is 2.38. The van der Waals surface area contributed by atoms with Gasteiger partial charge in [0.2, 0.25) is 5.75 Å². The van der Waals surface area contributed by atoms with Gasteiger partial charge >= 0.3 is 6.18 Å². The molecule has 100 valence electrons. The van der Waals surface area contributed by atoms with Crippen LogP contribution in [0.15, 0.2) is 35.4 Å². The Labute approximate surface area is 105 Å². The maximum Gasteiger partial charge on any atom is 0.437 e. The molecule has 0 saturated carbocycles. The second-order valence-electron chi connectivity index (χ2n) is 3.82. The Bertz CT molecular complexity index is 633. The van der Waals surface area contributed by atoms with Crippen molar-refractivity contribution in [2.75, 3.05) is 0 Å². The summed E-state index contributed by atoms with van der Waals surface area (Å²) in [5, 5.41) is 0. The van der Waals surface area contributed by atoms with Gasteiger partial charge < -0.3 is 9.72 Å². The summed E-state index contributed by atoms with van der Waals surface area (Å²) in [4.78, 5) is 16.6. The molecule has 0 unspecified atom stereocenters. The number of H-pyrrole nitrogens is 1. The zero-order valence-corrected chi connectivity index (χ0v) is 9.78. The maximum absolute atomic E-state index is 12.7. The summed E-state index contributed by atoms with van der Waals surface area (Å²) >= 11 is 0. The first-order chi connectivity index (χ1) is 8.88. The lowest BCUT2D eigenvalue weighted by atomic mass is 10.2. The Balaban J connectivity index is 2.45. The van der Waals surface area contributed by atoms with Crippen LogP contribution in [0.2, 0.25) is 0 Å². The molecule has 0 bridgehead atoms. The van der Waals surface area contributed by atoms with Crippen LogP contribution in [0.25, 0.3) is 0 Å². The molecular formula is C12H9F3N2O2. The normalized spacial score (nSPS) is 11.4. The molecular weight excluding hydrogens is 261 g/mol. The van der Waals surface area contributed by atoms with Crippen molar-refractivity contribution in [1.82, 2.24) is 9.97 Å². The third-order valence-corrected chi connectivity index (χ3v) is 2.32. The number of ether oxygens (including phenoxy) is 1. The van der Waals surface area contributed by atoms with Gasteiger partial charge in [-0.15, -0.1) is 0 Å². The SMILES string of the molecule is Cc1ccc(Oc2c(C(F)(F)F)nc[nH]c2=O)cc1. The summed E-state index contributed by atoms with van der Waals surface area (Å²) in [7, 11) is 0. The lowest BCUT2D eigenvalue weighted by molar-refractivity contribution is -0.142. The molecule has 1 N–H and O–H groups in total. The number of halogens is 3. The van der Waals surface area contributed by atoms with Gasteiger partial charge in [0.15, 0.2) is 5.69 Å². The van der Waals surface area contributed by atoms with Crippen LogP contribution >= 0.6 is 0 Å². The molecule has 19 heavy (non-hydrogen) atoms. The van der Waals surface area contributed by atoms with Crippen LogP contribution in [-0.4, -0.2) is 9.97 Å². The van der Waals surface area contributed by atoms with E-state index in [1.54, 1.807) is 12.1 Å². The predicted molar refractivity (Wildman–Crippen MR) is 61.1 cm³/mol. The van der Waals surface area contributed by atoms with Crippen molar-refractivity contribution >= 4 is 0 Å². The first kappa shape index (κ1) is 13.1. The standard InChI is InChI=1S/C12H9F3N2O2/c1-7-2-4-8(5-3-7)19-9-10(12(13,14)15)16-6-17-11(9)18/h2-6H,1H3,(H,16,17,18). The number of aryl methyl sites for hydroxylation is 1. The van der Waals surface area contributed by atoms with Crippen LogP contribution in [0, 0.1) is 6.92 Å². The molecule has 0 aliphatic carbocycles. The molecule has 2 aromatic rings. The van der Waals surface area contributed by atoms with E-state index in [0.29, 0.717) is 6.33 Å². The average molecular weight is 270 g/mol. The number of hydrogen-bond acceptors (Lipinski definition) is 3. The third kappa shape index (κ3) is 2.93. The fourth-order valence-electron chi connectivity index (χ4n) is 1.41. The van der Waals surface area contributed by atoms with Crippen molar-refractivity contribution in [3.63, 3.8) is 0 Å². The highest BCUT2D eigenvalue weighted by Crippen LogP contribution is 2.33. The molecule has 0 radical (unpaired) electrons. The summed E-state index contributed by atoms with van der Waals surface area (Å²) in [6.07, 6.45) is -4.07. The minimum Gasteiger partial charge on any atom is -0.449 e. The fourth-order valence-corrected chi connectivity index (χ4v) is 1.41. The van der Waals surface area contributed by atoms with E-state index in [9.17, 15) is 18.0 Å². The average Bonchev–Trinajstić information content (AvgIpc) is 2.33. The summed E-state index contributed by atoms with van der Waals surface area (Å²) < 4.78 is 43.1. The number of benzene rings is 1. The Morgan fingerprint density at radius 3 is 2.42 bits per heavy atom. The van der Waals surface area contributed by atoms with Gasteiger partial charge in [0.25, 0.3) is 5.56 Å². The number of hydrogen-bond donors (Lipinski definition) is 1. The second-order valence-corrected chi connectivity index (χ2v) is 3.82. The molecule has 0 atom stereocenters. The largest absolute Gasteiger partial charge is 0.449 e. The monoisotopic (exact) mass is 270 g/mol. The molecule has 2 rings (SSSR count). The van der Waals surface area contributed by atoms with E-state index in [1.165, 1.54) is 12.1 Å². The van der Waals surface area contributed by atoms with Crippen molar-refractivity contribution < 1.29 is 17.9 Å². The van der Waals surface area contributed by atoms with Crippen LogP contribution in [-0.2, 0) is 6.18 Å². The molecule has 1 heterocycles. The van der Waals surface area contributed by atoms with Gasteiger partial charge in [-0.25, -0.2) is 4.98 Å². The van der Waals surface area contributed by atoms with E-state index in [-0.39, 0.29) is 5.75 Å². The number of aromatic nitrogens is 2. The van der Waals surface area contributed by atoms with E-state index >= 15 is 0 Å². The van der Waals surface area contributed by atoms with Gasteiger partial charge in [0, 0.05) is 0 Å². The van der Waals surface area contributed by atoms with E-state index in [2.05, 4.69) is 9.97 Å². The number of alkyl halides is 3. The Morgan fingerprint density at radius 1 is 1.21 bits per heavy atom. The van der Waals surface area contributed by atoms with Crippen molar-refractivity contribution in [2.45, 2.75) is 13.1 Å². The number of nitrogens with zero attached hydrogens (tertiary/aromatic N) is 1. The minimum atomic E-state index is -4.76. The molecule has 7 heteroatoms. The van der Waals surface area contributed by atoms with Gasteiger partial charge in [0.1, 0.15) is 5.75 Å². The van der Waals surface area contributed by atoms with Crippen molar-refractivity contribution in [3.05, 3.63) is 52.2 Å². The van der Waals surface area contributed by atoms with E-state index < -0.39 is 23.2 Å². The van der Waals surface area contributed by atoms with Crippen LogP contribution < -0.4 is 10.3 Å². The molecule has 0 aliphatic heterocycles. The molecule has 1 aromatic carbocycles. The third-order valence-electron chi connectivity index (χ3n) is 2.32. The lowest BCUT2D eigenvalue weighted by Gasteiger charge is -2.11. The summed E-state index contributed by atoms with van der Waals surface area (Å²) in [6.45, 7) is 1.82. The van der Waals surface area contributed by atoms with E-state index in [0.717, 1.165) is 5.56 Å². The van der Waals surface area contributed by atoms with Crippen molar-refractivity contribution in [1.29, 1.82) is 0 Å². The number of rotatable bonds is 2. The van der Waals surface area contributed by atoms with Gasteiger partial charge in [-0.2, -0.15) is 13.2 Å². The highest BCUT2D eigenvalue weighted by molar-refractivity contribution is 5.34. The fraction of sp³-hybridized carbons (Fsp3) is 0.167. The quantitative estimate of drug-likeness (QED) is 0.912.